The Morgan fingerprint density at radius 1 is 1.19 bits per heavy atom. The maximum absolute atomic E-state index is 12.9. The van der Waals surface area contributed by atoms with Crippen LogP contribution < -0.4 is 5.32 Å². The highest BCUT2D eigenvalue weighted by Crippen LogP contribution is 2.53. The third-order valence-corrected chi connectivity index (χ3v) is 7.44. The lowest BCUT2D eigenvalue weighted by Crippen LogP contribution is -2.65. The van der Waals surface area contributed by atoms with Gasteiger partial charge >= 0.3 is 6.18 Å². The Bertz CT molecular complexity index is 879. The van der Waals surface area contributed by atoms with Gasteiger partial charge in [0, 0.05) is 10.2 Å². The number of nitrogens with one attached hydrogen (secondary N) is 1. The number of amides is 1. The Labute approximate surface area is 153 Å². The first-order valence-electron chi connectivity index (χ1n) is 9.04. The number of benzene rings is 1. The van der Waals surface area contributed by atoms with Gasteiger partial charge in [-0.3, -0.25) is 9.69 Å². The number of rotatable bonds is 2. The van der Waals surface area contributed by atoms with E-state index in [0.29, 0.717) is 20.9 Å². The van der Waals surface area contributed by atoms with Gasteiger partial charge in [-0.2, -0.15) is 13.2 Å². The van der Waals surface area contributed by atoms with Crippen LogP contribution in [-0.2, 0) is 6.18 Å². The van der Waals surface area contributed by atoms with Gasteiger partial charge in [0.15, 0.2) is 0 Å². The zero-order valence-electron chi connectivity index (χ0n) is 14.1. The van der Waals surface area contributed by atoms with Crippen molar-refractivity contribution in [1.29, 1.82) is 0 Å². The highest BCUT2D eigenvalue weighted by molar-refractivity contribution is 7.20. The smallest absolute Gasteiger partial charge is 0.346 e. The maximum Gasteiger partial charge on any atom is 0.416 e. The zero-order chi connectivity index (χ0) is 18.1. The van der Waals surface area contributed by atoms with Crippen LogP contribution >= 0.6 is 11.3 Å². The molecule has 1 aromatic carbocycles. The van der Waals surface area contributed by atoms with Crippen molar-refractivity contribution in [3.63, 3.8) is 0 Å². The zero-order valence-corrected chi connectivity index (χ0v) is 14.9. The summed E-state index contributed by atoms with van der Waals surface area (Å²) in [7, 11) is 0. The normalized spacial score (nSPS) is 29.3. The van der Waals surface area contributed by atoms with E-state index >= 15 is 0 Å². The number of alkyl halides is 3. The van der Waals surface area contributed by atoms with Gasteiger partial charge in [-0.05, 0) is 68.3 Å². The minimum Gasteiger partial charge on any atom is -0.346 e. The van der Waals surface area contributed by atoms with Crippen molar-refractivity contribution in [3.8, 4) is 0 Å². The van der Waals surface area contributed by atoms with Crippen molar-refractivity contribution in [1.82, 2.24) is 10.2 Å². The molecular weight excluding hydrogens is 361 g/mol. The molecule has 4 heterocycles. The summed E-state index contributed by atoms with van der Waals surface area (Å²) in [6.45, 7) is 2.25. The first-order chi connectivity index (χ1) is 12.4. The van der Waals surface area contributed by atoms with Crippen molar-refractivity contribution >= 4 is 27.3 Å². The molecule has 2 bridgehead atoms. The number of carbonyl (C=O) groups excluding carboxylic acids is 1. The Kier molecular flexibility index (Phi) is 3.47. The number of nitrogens with zero attached hydrogens (tertiary/aromatic N) is 1. The van der Waals surface area contributed by atoms with Crippen LogP contribution in [0.2, 0.25) is 0 Å². The van der Waals surface area contributed by atoms with Gasteiger partial charge in [0.25, 0.3) is 5.91 Å². The molecule has 0 unspecified atom stereocenters. The standard InChI is InChI=1S/C19H19F3N2OS/c20-19(21,22)13-2-1-12-9-15(26-14(12)10-13)17(25)23-16-11-3-7-24(8-4-11)18(16)5-6-18/h1-2,9-11,16H,3-8H2,(H,23,25)/t16-/m1/s1. The predicted molar refractivity (Wildman–Crippen MR) is 94.3 cm³/mol. The molecule has 138 valence electrons. The molecule has 6 rings (SSSR count). The van der Waals surface area contributed by atoms with E-state index in [4.69, 9.17) is 0 Å². The van der Waals surface area contributed by atoms with Crippen LogP contribution in [0.3, 0.4) is 0 Å². The first-order valence-corrected chi connectivity index (χ1v) is 9.85. The summed E-state index contributed by atoms with van der Waals surface area (Å²) in [5.41, 5.74) is -0.523. The fraction of sp³-hybridized carbons (Fsp3) is 0.526. The van der Waals surface area contributed by atoms with E-state index in [1.165, 1.54) is 6.07 Å². The number of piperidine rings is 3. The van der Waals surface area contributed by atoms with Crippen LogP contribution in [-0.4, -0.2) is 35.5 Å². The van der Waals surface area contributed by atoms with Crippen molar-refractivity contribution in [2.75, 3.05) is 13.1 Å². The fourth-order valence-electron chi connectivity index (χ4n) is 4.85. The summed E-state index contributed by atoms with van der Waals surface area (Å²) in [5, 5.41) is 3.92. The Morgan fingerprint density at radius 3 is 2.58 bits per heavy atom. The fourth-order valence-corrected chi connectivity index (χ4v) is 5.86. The first kappa shape index (κ1) is 16.6. The average Bonchev–Trinajstić information content (AvgIpc) is 3.26. The quantitative estimate of drug-likeness (QED) is 0.844. The van der Waals surface area contributed by atoms with E-state index in [9.17, 15) is 18.0 Å². The molecule has 3 nitrogen and oxygen atoms in total. The van der Waals surface area contributed by atoms with E-state index < -0.39 is 11.7 Å². The molecule has 1 saturated carbocycles. The maximum atomic E-state index is 12.9. The summed E-state index contributed by atoms with van der Waals surface area (Å²) in [6.07, 6.45) is 0.141. The molecule has 1 spiro atoms. The molecule has 4 aliphatic rings. The number of halogens is 3. The molecule has 1 aromatic heterocycles. The van der Waals surface area contributed by atoms with E-state index in [1.54, 1.807) is 6.07 Å². The molecule has 26 heavy (non-hydrogen) atoms. The molecule has 1 atom stereocenters. The van der Waals surface area contributed by atoms with E-state index in [2.05, 4.69) is 10.2 Å². The number of carbonyl (C=O) groups is 1. The average molecular weight is 380 g/mol. The minimum absolute atomic E-state index is 0.148. The van der Waals surface area contributed by atoms with Gasteiger partial charge in [-0.15, -0.1) is 11.3 Å². The van der Waals surface area contributed by atoms with Gasteiger partial charge in [-0.1, -0.05) is 6.07 Å². The molecule has 7 heteroatoms. The predicted octanol–water partition coefficient (Wildman–Crippen LogP) is 4.28. The van der Waals surface area contributed by atoms with Crippen LogP contribution in [0, 0.1) is 5.92 Å². The van der Waals surface area contributed by atoms with E-state index in [0.717, 1.165) is 62.2 Å². The summed E-state index contributed by atoms with van der Waals surface area (Å²) in [4.78, 5) is 15.8. The second-order valence-electron chi connectivity index (χ2n) is 7.74. The molecule has 4 fully saturated rings. The topological polar surface area (TPSA) is 32.3 Å². The van der Waals surface area contributed by atoms with Crippen molar-refractivity contribution < 1.29 is 18.0 Å². The van der Waals surface area contributed by atoms with Gasteiger partial charge in [0.1, 0.15) is 0 Å². The highest BCUT2D eigenvalue weighted by Gasteiger charge is 2.60. The lowest BCUT2D eigenvalue weighted by atomic mass is 9.77. The highest BCUT2D eigenvalue weighted by atomic mass is 32.1. The van der Waals surface area contributed by atoms with Crippen molar-refractivity contribution in [3.05, 3.63) is 34.7 Å². The van der Waals surface area contributed by atoms with Gasteiger partial charge in [-0.25, -0.2) is 0 Å². The van der Waals surface area contributed by atoms with E-state index in [1.807, 2.05) is 0 Å². The van der Waals surface area contributed by atoms with Gasteiger partial charge in [0.05, 0.1) is 16.5 Å². The SMILES string of the molecule is O=C(N[C@@H]1C2CCN(CC2)C12CC2)c1cc2ccc(C(F)(F)F)cc2s1. The third-order valence-electron chi connectivity index (χ3n) is 6.34. The molecule has 2 aromatic rings. The lowest BCUT2D eigenvalue weighted by Gasteiger charge is -2.52. The van der Waals surface area contributed by atoms with Crippen LogP contribution in [0.4, 0.5) is 13.2 Å². The van der Waals surface area contributed by atoms with E-state index in [-0.39, 0.29) is 17.5 Å². The number of fused-ring (bicyclic) bond motifs is 3. The molecule has 3 saturated heterocycles. The van der Waals surface area contributed by atoms with Gasteiger partial charge < -0.3 is 5.32 Å². The largest absolute Gasteiger partial charge is 0.416 e. The second-order valence-corrected chi connectivity index (χ2v) is 8.82. The molecule has 1 N–H and O–H groups in total. The van der Waals surface area contributed by atoms with Crippen LogP contribution in [0.1, 0.15) is 40.9 Å². The third kappa shape index (κ3) is 2.47. The number of hydrogen-bond acceptors (Lipinski definition) is 3. The minimum atomic E-state index is -4.37. The lowest BCUT2D eigenvalue weighted by molar-refractivity contribution is -0.137. The van der Waals surface area contributed by atoms with Crippen molar-refractivity contribution in [2.24, 2.45) is 5.92 Å². The number of hydrogen-bond donors (Lipinski definition) is 1. The molecule has 3 aliphatic heterocycles. The summed E-state index contributed by atoms with van der Waals surface area (Å²) in [5.74, 6) is 0.377. The molecule has 0 radical (unpaired) electrons. The van der Waals surface area contributed by atoms with Gasteiger partial charge in [0.2, 0.25) is 0 Å². The Balaban J connectivity index is 1.40. The summed E-state index contributed by atoms with van der Waals surface area (Å²) in [6, 6.07) is 5.53. The number of thiophene rings is 1. The monoisotopic (exact) mass is 380 g/mol. The van der Waals surface area contributed by atoms with Crippen LogP contribution in [0.25, 0.3) is 10.1 Å². The van der Waals surface area contributed by atoms with Crippen LogP contribution in [0.5, 0.6) is 0 Å². The second kappa shape index (κ2) is 5.45. The van der Waals surface area contributed by atoms with Crippen molar-refractivity contribution in [2.45, 2.75) is 43.4 Å². The Morgan fingerprint density at radius 2 is 1.92 bits per heavy atom. The Hall–Kier alpha value is -1.60. The summed E-state index contributed by atoms with van der Waals surface area (Å²) >= 11 is 1.14. The molecule has 1 amide bonds. The molecular formula is C19H19F3N2OS. The van der Waals surface area contributed by atoms with Crippen LogP contribution in [0.15, 0.2) is 24.3 Å². The summed E-state index contributed by atoms with van der Waals surface area (Å²) < 4.78 is 39.2. The molecule has 1 aliphatic carbocycles.